The lowest BCUT2D eigenvalue weighted by molar-refractivity contribution is 0.537. The Balaban J connectivity index is 2.30. The fourth-order valence-corrected chi connectivity index (χ4v) is 2.00. The summed E-state index contributed by atoms with van der Waals surface area (Å²) in [5.41, 5.74) is 1.46. The van der Waals surface area contributed by atoms with E-state index in [0.29, 0.717) is 0 Å². The second-order valence-electron chi connectivity index (χ2n) is 5.83. The molecule has 1 aromatic rings. The van der Waals surface area contributed by atoms with Gasteiger partial charge in [0.15, 0.2) is 0 Å². The van der Waals surface area contributed by atoms with Crippen LogP contribution in [-0.2, 0) is 10.8 Å². The van der Waals surface area contributed by atoms with Gasteiger partial charge < -0.3 is 5.32 Å². The summed E-state index contributed by atoms with van der Waals surface area (Å²) in [5.74, 6) is 1.02. The normalized spacial score (nSPS) is 18.5. The van der Waals surface area contributed by atoms with Crippen LogP contribution in [0.2, 0.25) is 0 Å². The van der Waals surface area contributed by atoms with Crippen LogP contribution in [0.15, 0.2) is 12.3 Å². The Hall–Kier alpha value is -0.960. The Bertz CT molecular complexity index is 375. The molecule has 0 atom stereocenters. The van der Waals surface area contributed by atoms with Crippen molar-refractivity contribution in [1.82, 2.24) is 15.3 Å². The van der Waals surface area contributed by atoms with E-state index in [1.807, 2.05) is 19.3 Å². The molecule has 1 N–H and O–H groups in total. The van der Waals surface area contributed by atoms with Crippen LogP contribution in [0.4, 0.5) is 0 Å². The third kappa shape index (κ3) is 2.09. The van der Waals surface area contributed by atoms with E-state index in [2.05, 4.69) is 31.1 Å². The zero-order valence-corrected chi connectivity index (χ0v) is 10.7. The summed E-state index contributed by atoms with van der Waals surface area (Å²) >= 11 is 0. The first-order chi connectivity index (χ1) is 7.48. The molecule has 1 aliphatic rings. The van der Waals surface area contributed by atoms with Crippen molar-refractivity contribution in [1.29, 1.82) is 0 Å². The molecule has 1 fully saturated rings. The van der Waals surface area contributed by atoms with Crippen LogP contribution in [0.3, 0.4) is 0 Å². The van der Waals surface area contributed by atoms with Gasteiger partial charge in [0.1, 0.15) is 5.82 Å². The Kier molecular flexibility index (Phi) is 2.74. The number of nitrogens with zero attached hydrogens (tertiary/aromatic N) is 2. The minimum atomic E-state index is 0.105. The number of likely N-dealkylation sites (N-methyl/N-ethyl adjacent to an activating group) is 1. The highest BCUT2D eigenvalue weighted by Gasteiger charge is 2.46. The zero-order valence-electron chi connectivity index (χ0n) is 10.7. The third-order valence-electron chi connectivity index (χ3n) is 3.27. The van der Waals surface area contributed by atoms with Gasteiger partial charge in [0.2, 0.25) is 0 Å². The summed E-state index contributed by atoms with van der Waals surface area (Å²) in [5, 5.41) is 3.25. The first-order valence-electron chi connectivity index (χ1n) is 5.97. The van der Waals surface area contributed by atoms with E-state index in [1.54, 1.807) is 0 Å². The lowest BCUT2D eigenvalue weighted by Gasteiger charge is -2.20. The molecule has 0 aromatic carbocycles. The quantitative estimate of drug-likeness (QED) is 0.845. The fourth-order valence-electron chi connectivity index (χ4n) is 2.00. The molecule has 3 heteroatoms. The van der Waals surface area contributed by atoms with Gasteiger partial charge in [-0.1, -0.05) is 20.8 Å². The molecule has 1 aromatic heterocycles. The first-order valence-corrected chi connectivity index (χ1v) is 5.97. The van der Waals surface area contributed by atoms with Crippen molar-refractivity contribution in [3.05, 3.63) is 23.8 Å². The molecule has 0 saturated heterocycles. The highest BCUT2D eigenvalue weighted by Crippen LogP contribution is 2.46. The topological polar surface area (TPSA) is 37.8 Å². The number of rotatable bonds is 3. The molecule has 0 aliphatic heterocycles. The van der Waals surface area contributed by atoms with Crippen molar-refractivity contribution < 1.29 is 0 Å². The molecule has 0 radical (unpaired) electrons. The minimum absolute atomic E-state index is 0.105. The molecular weight excluding hydrogens is 198 g/mol. The van der Waals surface area contributed by atoms with Crippen LogP contribution >= 0.6 is 0 Å². The molecule has 1 aliphatic carbocycles. The van der Waals surface area contributed by atoms with Crippen LogP contribution in [-0.4, -0.2) is 23.6 Å². The Morgan fingerprint density at radius 1 is 1.38 bits per heavy atom. The molecule has 1 saturated carbocycles. The molecule has 16 heavy (non-hydrogen) atoms. The monoisotopic (exact) mass is 219 g/mol. The summed E-state index contributed by atoms with van der Waals surface area (Å²) in [6, 6.07) is 2.03. The molecule has 0 spiro atoms. The average Bonchev–Trinajstić information content (AvgIpc) is 2.99. The molecule has 1 heterocycles. The minimum Gasteiger partial charge on any atom is -0.319 e. The van der Waals surface area contributed by atoms with Gasteiger partial charge in [-0.2, -0.15) is 0 Å². The Labute approximate surface area is 97.7 Å². The number of nitrogens with one attached hydrogen (secondary N) is 1. The molecular formula is C13H21N3. The summed E-state index contributed by atoms with van der Waals surface area (Å²) in [4.78, 5) is 9.20. The smallest absolute Gasteiger partial charge is 0.135 e. The zero-order chi connectivity index (χ0) is 11.8. The van der Waals surface area contributed by atoms with E-state index in [4.69, 9.17) is 4.98 Å². The van der Waals surface area contributed by atoms with Gasteiger partial charge in [0.05, 0.1) is 0 Å². The van der Waals surface area contributed by atoms with Crippen LogP contribution in [0.1, 0.15) is 45.1 Å². The van der Waals surface area contributed by atoms with Crippen molar-refractivity contribution in [3.63, 3.8) is 0 Å². The molecule has 88 valence electrons. The standard InChI is InChI=1S/C13H21N3/c1-12(2,3)10-5-8-15-11(16-10)13(6-7-13)9-14-4/h5,8,14H,6-7,9H2,1-4H3. The maximum Gasteiger partial charge on any atom is 0.135 e. The lowest BCUT2D eigenvalue weighted by atomic mass is 9.91. The summed E-state index contributed by atoms with van der Waals surface area (Å²) in [6.07, 6.45) is 4.32. The van der Waals surface area contributed by atoms with Gasteiger partial charge in [-0.25, -0.2) is 9.97 Å². The SMILES string of the molecule is CNCC1(c2nccc(C(C)(C)C)n2)CC1. The number of aromatic nitrogens is 2. The molecule has 0 unspecified atom stereocenters. The molecule has 2 rings (SSSR count). The molecule has 0 bridgehead atoms. The largest absolute Gasteiger partial charge is 0.319 e. The number of hydrogen-bond acceptors (Lipinski definition) is 3. The van der Waals surface area contributed by atoms with Crippen LogP contribution in [0, 0.1) is 0 Å². The Morgan fingerprint density at radius 3 is 2.56 bits per heavy atom. The van der Waals surface area contributed by atoms with E-state index >= 15 is 0 Å². The van der Waals surface area contributed by atoms with Crippen molar-refractivity contribution in [3.8, 4) is 0 Å². The molecule has 3 nitrogen and oxygen atoms in total. The van der Waals surface area contributed by atoms with Crippen molar-refractivity contribution >= 4 is 0 Å². The third-order valence-corrected chi connectivity index (χ3v) is 3.27. The van der Waals surface area contributed by atoms with E-state index in [1.165, 1.54) is 12.8 Å². The van der Waals surface area contributed by atoms with Crippen LogP contribution in [0.5, 0.6) is 0 Å². The van der Waals surface area contributed by atoms with E-state index < -0.39 is 0 Å². The summed E-state index contributed by atoms with van der Waals surface area (Å²) < 4.78 is 0. The van der Waals surface area contributed by atoms with Crippen molar-refractivity contribution in [2.45, 2.75) is 44.4 Å². The highest BCUT2D eigenvalue weighted by molar-refractivity contribution is 5.22. The van der Waals surface area contributed by atoms with Gasteiger partial charge in [-0.05, 0) is 26.0 Å². The van der Waals surface area contributed by atoms with Crippen LogP contribution < -0.4 is 5.32 Å². The van der Waals surface area contributed by atoms with Gasteiger partial charge in [0, 0.05) is 29.3 Å². The lowest BCUT2D eigenvalue weighted by Crippen LogP contribution is -2.27. The van der Waals surface area contributed by atoms with Crippen LogP contribution in [0.25, 0.3) is 0 Å². The van der Waals surface area contributed by atoms with Crippen molar-refractivity contribution in [2.24, 2.45) is 0 Å². The summed E-state index contributed by atoms with van der Waals surface area (Å²) in [7, 11) is 1.99. The first kappa shape index (κ1) is 11.5. The van der Waals surface area contributed by atoms with Crippen molar-refractivity contribution in [2.75, 3.05) is 13.6 Å². The fraction of sp³-hybridized carbons (Fsp3) is 0.692. The maximum absolute atomic E-state index is 4.75. The highest BCUT2D eigenvalue weighted by atomic mass is 15.0. The predicted molar refractivity (Wildman–Crippen MR) is 65.6 cm³/mol. The second-order valence-corrected chi connectivity index (χ2v) is 5.83. The average molecular weight is 219 g/mol. The molecule has 0 amide bonds. The van der Waals surface area contributed by atoms with E-state index in [9.17, 15) is 0 Å². The van der Waals surface area contributed by atoms with Gasteiger partial charge in [0.25, 0.3) is 0 Å². The van der Waals surface area contributed by atoms with Gasteiger partial charge in [-0.15, -0.1) is 0 Å². The van der Waals surface area contributed by atoms with E-state index in [0.717, 1.165) is 18.1 Å². The maximum atomic E-state index is 4.75. The van der Waals surface area contributed by atoms with Gasteiger partial charge in [-0.3, -0.25) is 0 Å². The van der Waals surface area contributed by atoms with Gasteiger partial charge >= 0.3 is 0 Å². The summed E-state index contributed by atoms with van der Waals surface area (Å²) in [6.45, 7) is 7.56. The second kappa shape index (κ2) is 3.81. The van der Waals surface area contributed by atoms with E-state index in [-0.39, 0.29) is 10.8 Å². The predicted octanol–water partition coefficient (Wildman–Crippen LogP) is 2.03. The Morgan fingerprint density at radius 2 is 2.06 bits per heavy atom. The number of hydrogen-bond donors (Lipinski definition) is 1.